The largest absolute Gasteiger partial charge is 0.393 e. The van der Waals surface area contributed by atoms with Crippen LogP contribution >= 0.6 is 0 Å². The summed E-state index contributed by atoms with van der Waals surface area (Å²) in [7, 11) is 0. The molecule has 0 aromatic rings. The van der Waals surface area contributed by atoms with Gasteiger partial charge in [-0.05, 0) is 84.9 Å². The molecule has 2 N–H and O–H groups in total. The van der Waals surface area contributed by atoms with Gasteiger partial charge in [0.05, 0.1) is 24.4 Å². The summed E-state index contributed by atoms with van der Waals surface area (Å²) >= 11 is 0. The van der Waals surface area contributed by atoms with Crippen LogP contribution in [0.15, 0.2) is 12.2 Å². The Hall–Kier alpha value is -0.380. The third kappa shape index (κ3) is 2.31. The van der Waals surface area contributed by atoms with Crippen LogP contribution in [-0.2, 0) is 4.74 Å². The fraction of sp³-hybridized carbons (Fsp3) is 0.933. The maximum Gasteiger partial charge on any atom is 0.0983 e. The summed E-state index contributed by atoms with van der Waals surface area (Å²) < 4.78 is 7.05. The lowest BCUT2D eigenvalue weighted by molar-refractivity contribution is -0.276. The van der Waals surface area contributed by atoms with Crippen molar-refractivity contribution >= 4 is 0 Å². The van der Waals surface area contributed by atoms with Gasteiger partial charge in [0, 0.05) is 16.7 Å². The SMILES string of the molecule is C[C@H]1[C@H](C)CC[C@]23CO[C@@]4(C=C[C@@H]5[C@@]6(C)CC[C@H](O)C(C)(C)[C@@H]6CC[C@@]5(C)[C@]4(C)[C@@H](O)C2)[C@H]13. The monoisotopic (exact) mass is 456 g/mol. The number of allylic oxidation sites excluding steroid dienone is 1. The topological polar surface area (TPSA) is 49.7 Å². The van der Waals surface area contributed by atoms with Crippen molar-refractivity contribution in [3.63, 3.8) is 0 Å². The standard InChI is InChI=1S/C30H48O3/c1-18-8-14-29-16-23(32)28(7)27(6)13-9-20-25(3,4)22(31)11-12-26(20,5)21(27)10-15-30(28,33-17-29)24(29)19(18)2/h10,15,18-24,31-32H,8-9,11-14,16-17H2,1-7H3/t18-,19+,20+,21-,22+,23+,24-,26+,27-,28+,29-,30+/m1/s1. The number of fused-ring (bicyclic) bond motifs is 4. The van der Waals surface area contributed by atoms with Crippen LogP contribution in [0, 0.1) is 56.7 Å². The summed E-state index contributed by atoms with van der Waals surface area (Å²) in [6.45, 7) is 17.8. The molecule has 1 spiro atoms. The zero-order chi connectivity index (χ0) is 23.8. The minimum Gasteiger partial charge on any atom is -0.393 e. The average molecular weight is 457 g/mol. The Labute approximate surface area is 201 Å². The van der Waals surface area contributed by atoms with Crippen LogP contribution in [0.1, 0.15) is 93.4 Å². The molecule has 3 heteroatoms. The molecule has 0 radical (unpaired) electrons. The molecule has 0 aromatic carbocycles. The van der Waals surface area contributed by atoms with E-state index in [1.807, 2.05) is 0 Å². The minimum absolute atomic E-state index is 0.0122. The van der Waals surface area contributed by atoms with E-state index in [0.717, 1.165) is 38.7 Å². The Balaban J connectivity index is 1.52. The van der Waals surface area contributed by atoms with E-state index in [4.69, 9.17) is 4.74 Å². The lowest BCUT2D eigenvalue weighted by Gasteiger charge is -2.73. The summed E-state index contributed by atoms with van der Waals surface area (Å²) in [6.07, 6.45) is 12.1. The van der Waals surface area contributed by atoms with Gasteiger partial charge in [0.15, 0.2) is 0 Å². The second-order valence-corrected chi connectivity index (χ2v) is 14.9. The molecule has 33 heavy (non-hydrogen) atoms. The van der Waals surface area contributed by atoms with Crippen molar-refractivity contribution in [3.8, 4) is 0 Å². The zero-order valence-electron chi connectivity index (χ0n) is 22.2. The van der Waals surface area contributed by atoms with E-state index in [1.165, 1.54) is 12.8 Å². The van der Waals surface area contributed by atoms with Crippen molar-refractivity contribution in [2.75, 3.05) is 6.61 Å². The highest BCUT2D eigenvalue weighted by molar-refractivity contribution is 5.36. The summed E-state index contributed by atoms with van der Waals surface area (Å²) in [6, 6.07) is 0. The Morgan fingerprint density at radius 2 is 1.61 bits per heavy atom. The summed E-state index contributed by atoms with van der Waals surface area (Å²) in [5, 5.41) is 23.0. The maximum absolute atomic E-state index is 12.1. The fourth-order valence-electron chi connectivity index (χ4n) is 11.7. The molecular weight excluding hydrogens is 408 g/mol. The van der Waals surface area contributed by atoms with Gasteiger partial charge in [-0.3, -0.25) is 0 Å². The van der Waals surface area contributed by atoms with Gasteiger partial charge >= 0.3 is 0 Å². The molecule has 0 unspecified atom stereocenters. The first kappa shape index (κ1) is 23.0. The smallest absolute Gasteiger partial charge is 0.0983 e. The minimum atomic E-state index is -0.350. The zero-order valence-corrected chi connectivity index (χ0v) is 22.2. The first-order valence-corrected chi connectivity index (χ1v) is 14.0. The van der Waals surface area contributed by atoms with Gasteiger partial charge in [-0.25, -0.2) is 0 Å². The lowest BCUT2D eigenvalue weighted by atomic mass is 9.31. The summed E-state index contributed by atoms with van der Waals surface area (Å²) in [5.74, 6) is 2.76. The second-order valence-electron chi connectivity index (χ2n) is 14.9. The van der Waals surface area contributed by atoms with Crippen molar-refractivity contribution in [2.45, 2.75) is 111 Å². The van der Waals surface area contributed by atoms with E-state index in [2.05, 4.69) is 60.6 Å². The second kappa shape index (κ2) is 6.48. The first-order valence-electron chi connectivity index (χ1n) is 14.0. The van der Waals surface area contributed by atoms with Gasteiger partial charge < -0.3 is 14.9 Å². The van der Waals surface area contributed by atoms with Gasteiger partial charge in [0.2, 0.25) is 0 Å². The van der Waals surface area contributed by atoms with E-state index in [0.29, 0.717) is 29.6 Å². The van der Waals surface area contributed by atoms with Gasteiger partial charge in [-0.2, -0.15) is 0 Å². The van der Waals surface area contributed by atoms with Crippen molar-refractivity contribution in [1.29, 1.82) is 0 Å². The molecule has 12 atom stereocenters. The first-order chi connectivity index (χ1) is 15.3. The number of hydrogen-bond donors (Lipinski definition) is 2. The van der Waals surface area contributed by atoms with Gasteiger partial charge in [0.1, 0.15) is 0 Å². The molecule has 1 saturated heterocycles. The molecule has 3 nitrogen and oxygen atoms in total. The van der Waals surface area contributed by atoms with Crippen LogP contribution in [0.5, 0.6) is 0 Å². The molecule has 1 heterocycles. The highest BCUT2D eigenvalue weighted by atomic mass is 16.5. The molecule has 0 aromatic heterocycles. The third-order valence-corrected chi connectivity index (χ3v) is 13.9. The lowest BCUT2D eigenvalue weighted by Crippen LogP contribution is -2.74. The van der Waals surface area contributed by atoms with E-state index in [9.17, 15) is 10.2 Å². The molecule has 5 fully saturated rings. The Bertz CT molecular complexity index is 880. The third-order valence-electron chi connectivity index (χ3n) is 13.9. The van der Waals surface area contributed by atoms with Crippen molar-refractivity contribution in [2.24, 2.45) is 56.7 Å². The average Bonchev–Trinajstić information content (AvgIpc) is 3.02. The quantitative estimate of drug-likeness (QED) is 0.441. The van der Waals surface area contributed by atoms with Crippen LogP contribution in [0.3, 0.4) is 0 Å². The summed E-state index contributed by atoms with van der Waals surface area (Å²) in [4.78, 5) is 0. The molecular formula is C30H48O3. The number of hydrogen-bond acceptors (Lipinski definition) is 3. The molecule has 1 aliphatic heterocycles. The predicted octanol–water partition coefficient (Wildman–Crippen LogP) is 5.98. The van der Waals surface area contributed by atoms with Crippen molar-refractivity contribution in [1.82, 2.24) is 0 Å². The predicted molar refractivity (Wildman–Crippen MR) is 131 cm³/mol. The van der Waals surface area contributed by atoms with E-state index < -0.39 is 0 Å². The molecule has 6 rings (SSSR count). The molecule has 4 saturated carbocycles. The van der Waals surface area contributed by atoms with Crippen LogP contribution in [0.25, 0.3) is 0 Å². The Morgan fingerprint density at radius 3 is 2.33 bits per heavy atom. The molecule has 6 aliphatic rings. The van der Waals surface area contributed by atoms with Crippen LogP contribution in [0.2, 0.25) is 0 Å². The van der Waals surface area contributed by atoms with Crippen molar-refractivity contribution < 1.29 is 14.9 Å². The molecule has 186 valence electrons. The number of aliphatic hydroxyl groups is 2. The van der Waals surface area contributed by atoms with Gasteiger partial charge in [0.25, 0.3) is 0 Å². The number of aliphatic hydroxyl groups excluding tert-OH is 2. The van der Waals surface area contributed by atoms with Crippen LogP contribution < -0.4 is 0 Å². The Morgan fingerprint density at radius 1 is 0.879 bits per heavy atom. The summed E-state index contributed by atoms with van der Waals surface area (Å²) in [5.41, 5.74) is -0.413. The van der Waals surface area contributed by atoms with E-state index >= 15 is 0 Å². The van der Waals surface area contributed by atoms with Gasteiger partial charge in [-0.15, -0.1) is 0 Å². The highest BCUT2D eigenvalue weighted by Gasteiger charge is 2.79. The van der Waals surface area contributed by atoms with Crippen LogP contribution in [-0.4, -0.2) is 34.6 Å². The fourth-order valence-corrected chi connectivity index (χ4v) is 11.7. The number of rotatable bonds is 0. The molecule has 2 bridgehead atoms. The molecule has 5 aliphatic carbocycles. The number of ether oxygens (including phenoxy) is 1. The van der Waals surface area contributed by atoms with Gasteiger partial charge in [-0.1, -0.05) is 60.6 Å². The van der Waals surface area contributed by atoms with E-state index in [1.54, 1.807) is 0 Å². The van der Waals surface area contributed by atoms with Crippen molar-refractivity contribution in [3.05, 3.63) is 12.2 Å². The maximum atomic E-state index is 12.1. The molecule has 0 amide bonds. The Kier molecular flexibility index (Phi) is 4.53. The van der Waals surface area contributed by atoms with E-state index in [-0.39, 0.29) is 44.9 Å². The highest BCUT2D eigenvalue weighted by Crippen LogP contribution is 2.79. The normalized spacial score (nSPS) is 63.2. The van der Waals surface area contributed by atoms with Crippen LogP contribution in [0.4, 0.5) is 0 Å².